The zero-order valence-corrected chi connectivity index (χ0v) is 15.5. The van der Waals surface area contributed by atoms with Crippen LogP contribution in [0.4, 0.5) is 10.1 Å². The third kappa shape index (κ3) is 3.70. The summed E-state index contributed by atoms with van der Waals surface area (Å²) in [6, 6.07) is 10.0. The number of benzene rings is 2. The molecular formula is C18H19BrFNO3. The molecule has 0 aliphatic heterocycles. The predicted octanol–water partition coefficient (Wildman–Crippen LogP) is 4.52. The van der Waals surface area contributed by atoms with Gasteiger partial charge in [-0.3, -0.25) is 4.79 Å². The fourth-order valence-corrected chi connectivity index (χ4v) is 2.64. The Kier molecular flexibility index (Phi) is 5.49. The summed E-state index contributed by atoms with van der Waals surface area (Å²) in [4.78, 5) is 12.7. The highest BCUT2D eigenvalue weighted by molar-refractivity contribution is 9.10. The van der Waals surface area contributed by atoms with Gasteiger partial charge < -0.3 is 14.8 Å². The van der Waals surface area contributed by atoms with Gasteiger partial charge in [-0.25, -0.2) is 4.39 Å². The molecule has 6 heteroatoms. The standard InChI is InChI=1S/C18H19BrFNO3/c1-18(2,11-6-5-7-12(19)8-11)17(22)21-14-10-16(24-4)15(23-3)9-13(14)20/h5-10H,1-4H3,(H,21,22). The van der Waals surface area contributed by atoms with E-state index < -0.39 is 11.2 Å². The molecule has 0 fully saturated rings. The highest BCUT2D eigenvalue weighted by Gasteiger charge is 2.30. The maximum atomic E-state index is 14.2. The molecule has 0 radical (unpaired) electrons. The third-order valence-corrected chi connectivity index (χ3v) is 4.33. The van der Waals surface area contributed by atoms with Crippen LogP contribution in [0.25, 0.3) is 0 Å². The van der Waals surface area contributed by atoms with Crippen molar-refractivity contribution >= 4 is 27.5 Å². The number of carbonyl (C=O) groups excluding carboxylic acids is 1. The normalized spacial score (nSPS) is 11.1. The molecule has 0 aliphatic carbocycles. The molecular weight excluding hydrogens is 377 g/mol. The summed E-state index contributed by atoms with van der Waals surface area (Å²) in [7, 11) is 2.87. The number of hydrogen-bond donors (Lipinski definition) is 1. The summed E-state index contributed by atoms with van der Waals surface area (Å²) >= 11 is 3.39. The largest absolute Gasteiger partial charge is 0.493 e. The first-order valence-corrected chi connectivity index (χ1v) is 8.08. The highest BCUT2D eigenvalue weighted by Crippen LogP contribution is 2.34. The summed E-state index contributed by atoms with van der Waals surface area (Å²) in [5, 5.41) is 2.63. The monoisotopic (exact) mass is 395 g/mol. The number of methoxy groups -OCH3 is 2. The van der Waals surface area contributed by atoms with Crippen molar-refractivity contribution in [1.82, 2.24) is 0 Å². The van der Waals surface area contributed by atoms with E-state index in [0.717, 1.165) is 10.0 Å². The van der Waals surface area contributed by atoms with Crippen LogP contribution in [-0.2, 0) is 10.2 Å². The van der Waals surface area contributed by atoms with Gasteiger partial charge in [0.1, 0.15) is 0 Å². The molecule has 0 aromatic heterocycles. The van der Waals surface area contributed by atoms with E-state index in [4.69, 9.17) is 9.47 Å². The van der Waals surface area contributed by atoms with E-state index in [9.17, 15) is 9.18 Å². The van der Waals surface area contributed by atoms with E-state index in [1.807, 2.05) is 24.3 Å². The van der Waals surface area contributed by atoms with Crippen LogP contribution >= 0.6 is 15.9 Å². The lowest BCUT2D eigenvalue weighted by Gasteiger charge is -2.25. The van der Waals surface area contributed by atoms with Gasteiger partial charge in [0, 0.05) is 16.6 Å². The molecule has 2 aromatic carbocycles. The second kappa shape index (κ2) is 7.21. The van der Waals surface area contributed by atoms with Crippen LogP contribution in [-0.4, -0.2) is 20.1 Å². The number of anilines is 1. The fraction of sp³-hybridized carbons (Fsp3) is 0.278. The lowest BCUT2D eigenvalue weighted by Crippen LogP contribution is -2.35. The maximum absolute atomic E-state index is 14.2. The van der Waals surface area contributed by atoms with Crippen molar-refractivity contribution < 1.29 is 18.7 Å². The molecule has 0 spiro atoms. The number of ether oxygens (including phenoxy) is 2. The first-order chi connectivity index (χ1) is 11.3. The molecule has 24 heavy (non-hydrogen) atoms. The van der Waals surface area contributed by atoms with Crippen molar-refractivity contribution in [3.05, 3.63) is 52.3 Å². The molecule has 0 saturated carbocycles. The number of hydrogen-bond acceptors (Lipinski definition) is 3. The molecule has 1 N–H and O–H groups in total. The van der Waals surface area contributed by atoms with Gasteiger partial charge in [0.2, 0.25) is 5.91 Å². The van der Waals surface area contributed by atoms with Gasteiger partial charge in [0.15, 0.2) is 17.3 Å². The number of halogens is 2. The quantitative estimate of drug-likeness (QED) is 0.809. The van der Waals surface area contributed by atoms with E-state index in [2.05, 4.69) is 21.2 Å². The average molecular weight is 396 g/mol. The minimum Gasteiger partial charge on any atom is -0.493 e. The molecule has 0 heterocycles. The number of carbonyl (C=O) groups is 1. The Morgan fingerprint density at radius 3 is 2.33 bits per heavy atom. The van der Waals surface area contributed by atoms with Crippen LogP contribution in [0.2, 0.25) is 0 Å². The van der Waals surface area contributed by atoms with Crippen molar-refractivity contribution in [3.8, 4) is 11.5 Å². The van der Waals surface area contributed by atoms with Gasteiger partial charge in [-0.1, -0.05) is 28.1 Å². The minimum atomic E-state index is -0.844. The Morgan fingerprint density at radius 1 is 1.12 bits per heavy atom. The molecule has 128 valence electrons. The Hall–Kier alpha value is -2.08. The van der Waals surface area contributed by atoms with Crippen molar-refractivity contribution in [3.63, 3.8) is 0 Å². The van der Waals surface area contributed by atoms with Gasteiger partial charge in [0.25, 0.3) is 0 Å². The zero-order valence-electron chi connectivity index (χ0n) is 13.9. The van der Waals surface area contributed by atoms with Gasteiger partial charge in [-0.2, -0.15) is 0 Å². The smallest absolute Gasteiger partial charge is 0.234 e. The van der Waals surface area contributed by atoms with Crippen molar-refractivity contribution in [1.29, 1.82) is 0 Å². The molecule has 1 amide bonds. The molecule has 0 atom stereocenters. The second-order valence-electron chi connectivity index (χ2n) is 5.78. The minimum absolute atomic E-state index is 0.0423. The predicted molar refractivity (Wildman–Crippen MR) is 95.3 cm³/mol. The molecule has 0 aliphatic rings. The third-order valence-electron chi connectivity index (χ3n) is 3.84. The molecule has 2 rings (SSSR count). The Balaban J connectivity index is 2.32. The molecule has 0 saturated heterocycles. The summed E-state index contributed by atoms with van der Waals surface area (Å²) < 4.78 is 25.3. The van der Waals surface area contributed by atoms with Crippen LogP contribution < -0.4 is 14.8 Å². The highest BCUT2D eigenvalue weighted by atomic mass is 79.9. The topological polar surface area (TPSA) is 47.6 Å². The first-order valence-electron chi connectivity index (χ1n) is 7.28. The van der Waals surface area contributed by atoms with Crippen molar-refractivity contribution in [2.45, 2.75) is 19.3 Å². The zero-order chi connectivity index (χ0) is 17.9. The van der Waals surface area contributed by atoms with E-state index in [1.165, 1.54) is 26.4 Å². The van der Waals surface area contributed by atoms with Crippen LogP contribution in [0.5, 0.6) is 11.5 Å². The Labute approximate surface area is 149 Å². The fourth-order valence-electron chi connectivity index (χ4n) is 2.24. The van der Waals surface area contributed by atoms with Crippen molar-refractivity contribution in [2.24, 2.45) is 0 Å². The number of nitrogens with one attached hydrogen (secondary N) is 1. The number of amides is 1. The average Bonchev–Trinajstić information content (AvgIpc) is 2.56. The van der Waals surface area contributed by atoms with Crippen LogP contribution in [0.1, 0.15) is 19.4 Å². The van der Waals surface area contributed by atoms with E-state index >= 15 is 0 Å². The molecule has 4 nitrogen and oxygen atoms in total. The van der Waals surface area contributed by atoms with Gasteiger partial charge >= 0.3 is 0 Å². The molecule has 0 unspecified atom stereocenters. The summed E-state index contributed by atoms with van der Waals surface area (Å²) in [6.45, 7) is 3.56. The van der Waals surface area contributed by atoms with E-state index in [0.29, 0.717) is 5.75 Å². The SMILES string of the molecule is COc1cc(F)c(NC(=O)C(C)(C)c2cccc(Br)c2)cc1OC. The lowest BCUT2D eigenvalue weighted by molar-refractivity contribution is -0.120. The van der Waals surface area contributed by atoms with Crippen LogP contribution in [0.15, 0.2) is 40.9 Å². The number of rotatable bonds is 5. The second-order valence-corrected chi connectivity index (χ2v) is 6.69. The van der Waals surface area contributed by atoms with Crippen molar-refractivity contribution in [2.75, 3.05) is 19.5 Å². The van der Waals surface area contributed by atoms with E-state index in [1.54, 1.807) is 13.8 Å². The summed E-state index contributed by atoms with van der Waals surface area (Å²) in [5.74, 6) is -0.313. The maximum Gasteiger partial charge on any atom is 0.234 e. The van der Waals surface area contributed by atoms with Gasteiger partial charge in [-0.15, -0.1) is 0 Å². The Bertz CT molecular complexity index is 762. The summed E-state index contributed by atoms with van der Waals surface area (Å²) in [5.41, 5.74) is 0.0135. The molecule has 0 bridgehead atoms. The van der Waals surface area contributed by atoms with E-state index in [-0.39, 0.29) is 17.3 Å². The van der Waals surface area contributed by atoms with Gasteiger partial charge in [0.05, 0.1) is 25.3 Å². The first kappa shape index (κ1) is 18.3. The summed E-state index contributed by atoms with van der Waals surface area (Å²) in [6.07, 6.45) is 0. The Morgan fingerprint density at radius 2 is 1.75 bits per heavy atom. The van der Waals surface area contributed by atoms with Crippen LogP contribution in [0, 0.1) is 5.82 Å². The lowest BCUT2D eigenvalue weighted by atomic mass is 9.83. The molecule has 2 aromatic rings. The van der Waals surface area contributed by atoms with Gasteiger partial charge in [-0.05, 0) is 31.5 Å². The van der Waals surface area contributed by atoms with Crippen LogP contribution in [0.3, 0.4) is 0 Å².